The molecule has 4 heteroatoms. The van der Waals surface area contributed by atoms with E-state index in [9.17, 15) is 4.79 Å². The van der Waals surface area contributed by atoms with Crippen molar-refractivity contribution in [2.45, 2.75) is 98.0 Å². The first-order valence-corrected chi connectivity index (χ1v) is 10.2. The predicted molar refractivity (Wildman–Crippen MR) is 102 cm³/mol. The summed E-state index contributed by atoms with van der Waals surface area (Å²) in [6.07, 6.45) is 10.9. The summed E-state index contributed by atoms with van der Waals surface area (Å²) >= 11 is 0. The molecule has 0 saturated heterocycles. The van der Waals surface area contributed by atoms with Crippen molar-refractivity contribution in [2.75, 3.05) is 26.2 Å². The van der Waals surface area contributed by atoms with Crippen LogP contribution in [0.3, 0.4) is 0 Å². The molecular formula is C20H41NO3. The second-order valence-corrected chi connectivity index (χ2v) is 6.56. The van der Waals surface area contributed by atoms with Gasteiger partial charge >= 0.3 is 6.16 Å². The van der Waals surface area contributed by atoms with Crippen molar-refractivity contribution in [3.8, 4) is 0 Å². The van der Waals surface area contributed by atoms with E-state index in [1.165, 1.54) is 32.1 Å². The van der Waals surface area contributed by atoms with Gasteiger partial charge in [-0.25, -0.2) is 4.79 Å². The first kappa shape index (κ1) is 23.2. The lowest BCUT2D eigenvalue weighted by atomic mass is 10.0. The van der Waals surface area contributed by atoms with Crippen LogP contribution in [-0.4, -0.2) is 43.4 Å². The molecule has 0 aromatic carbocycles. The highest BCUT2D eigenvalue weighted by Crippen LogP contribution is 2.14. The lowest BCUT2D eigenvalue weighted by Crippen LogP contribution is -2.25. The minimum atomic E-state index is -0.487. The van der Waals surface area contributed by atoms with Crippen molar-refractivity contribution >= 4 is 6.16 Å². The van der Waals surface area contributed by atoms with E-state index in [1.54, 1.807) is 0 Å². The molecule has 0 rings (SSSR count). The zero-order valence-corrected chi connectivity index (χ0v) is 16.6. The van der Waals surface area contributed by atoms with Gasteiger partial charge in [0.15, 0.2) is 0 Å². The van der Waals surface area contributed by atoms with Crippen LogP contribution in [0.25, 0.3) is 0 Å². The highest BCUT2D eigenvalue weighted by Gasteiger charge is 2.14. The quantitative estimate of drug-likeness (QED) is 0.262. The average Bonchev–Trinajstić information content (AvgIpc) is 2.58. The summed E-state index contributed by atoms with van der Waals surface area (Å²) in [5.74, 6) is 0. The van der Waals surface area contributed by atoms with Gasteiger partial charge in [-0.2, -0.15) is 0 Å². The highest BCUT2D eigenvalue weighted by atomic mass is 16.7. The maximum atomic E-state index is 11.8. The molecule has 0 heterocycles. The molecule has 0 N–H and O–H groups in total. The monoisotopic (exact) mass is 343 g/mol. The third-order valence-corrected chi connectivity index (χ3v) is 4.49. The largest absolute Gasteiger partial charge is 0.508 e. The SMILES string of the molecule is CCCCCCCCC(CCC)OC(=O)OCCCN(CC)CC. The molecule has 0 spiro atoms. The maximum Gasteiger partial charge on any atom is 0.508 e. The molecule has 0 aromatic rings. The van der Waals surface area contributed by atoms with Crippen LogP contribution in [0.5, 0.6) is 0 Å². The minimum Gasteiger partial charge on any atom is -0.434 e. The van der Waals surface area contributed by atoms with Gasteiger partial charge in [-0.15, -0.1) is 0 Å². The Bertz CT molecular complexity index is 280. The third-order valence-electron chi connectivity index (χ3n) is 4.49. The van der Waals surface area contributed by atoms with Crippen molar-refractivity contribution in [3.63, 3.8) is 0 Å². The van der Waals surface area contributed by atoms with E-state index in [4.69, 9.17) is 9.47 Å². The molecule has 24 heavy (non-hydrogen) atoms. The number of rotatable bonds is 16. The summed E-state index contributed by atoms with van der Waals surface area (Å²) in [6.45, 7) is 12.2. The number of carbonyl (C=O) groups excluding carboxylic acids is 1. The summed E-state index contributed by atoms with van der Waals surface area (Å²) in [6, 6.07) is 0. The second kappa shape index (κ2) is 17.1. The van der Waals surface area contributed by atoms with Gasteiger partial charge in [-0.05, 0) is 38.8 Å². The Balaban J connectivity index is 3.81. The number of hydrogen-bond acceptors (Lipinski definition) is 4. The van der Waals surface area contributed by atoms with E-state index in [-0.39, 0.29) is 6.10 Å². The summed E-state index contributed by atoms with van der Waals surface area (Å²) < 4.78 is 10.7. The van der Waals surface area contributed by atoms with Crippen molar-refractivity contribution in [3.05, 3.63) is 0 Å². The van der Waals surface area contributed by atoms with Crippen LogP contribution in [0.15, 0.2) is 0 Å². The molecule has 144 valence electrons. The Hall–Kier alpha value is -0.770. The molecule has 0 radical (unpaired) electrons. The van der Waals surface area contributed by atoms with Crippen molar-refractivity contribution in [2.24, 2.45) is 0 Å². The van der Waals surface area contributed by atoms with E-state index in [1.807, 2.05) is 0 Å². The molecule has 0 fully saturated rings. The fourth-order valence-corrected chi connectivity index (χ4v) is 2.89. The number of unbranched alkanes of at least 4 members (excludes halogenated alkanes) is 5. The van der Waals surface area contributed by atoms with Crippen LogP contribution in [0.4, 0.5) is 4.79 Å². The molecule has 0 saturated carbocycles. The Labute approximate surface area is 150 Å². The van der Waals surface area contributed by atoms with E-state index in [0.717, 1.165) is 51.7 Å². The lowest BCUT2D eigenvalue weighted by Gasteiger charge is -2.19. The predicted octanol–water partition coefficient (Wildman–Crippen LogP) is 5.79. The molecule has 4 nitrogen and oxygen atoms in total. The van der Waals surface area contributed by atoms with E-state index >= 15 is 0 Å². The molecule has 0 aliphatic heterocycles. The molecular weight excluding hydrogens is 302 g/mol. The Kier molecular flexibility index (Phi) is 16.5. The van der Waals surface area contributed by atoms with Crippen LogP contribution in [-0.2, 0) is 9.47 Å². The van der Waals surface area contributed by atoms with Gasteiger partial charge in [0.2, 0.25) is 0 Å². The molecule has 1 unspecified atom stereocenters. The van der Waals surface area contributed by atoms with Crippen LogP contribution in [0.1, 0.15) is 91.9 Å². The first-order chi connectivity index (χ1) is 11.7. The number of ether oxygens (including phenoxy) is 2. The topological polar surface area (TPSA) is 38.8 Å². The minimum absolute atomic E-state index is 0.0245. The molecule has 0 amide bonds. The average molecular weight is 344 g/mol. The zero-order chi connectivity index (χ0) is 18.0. The number of hydrogen-bond donors (Lipinski definition) is 0. The van der Waals surface area contributed by atoms with Crippen LogP contribution < -0.4 is 0 Å². The molecule has 0 aliphatic rings. The fourth-order valence-electron chi connectivity index (χ4n) is 2.89. The molecule has 0 aromatic heterocycles. The van der Waals surface area contributed by atoms with Gasteiger partial charge in [0.05, 0.1) is 6.61 Å². The summed E-state index contributed by atoms with van der Waals surface area (Å²) in [5, 5.41) is 0. The third kappa shape index (κ3) is 13.6. The highest BCUT2D eigenvalue weighted by molar-refractivity contribution is 5.60. The van der Waals surface area contributed by atoms with Crippen molar-refractivity contribution in [1.82, 2.24) is 4.90 Å². The van der Waals surface area contributed by atoms with Gasteiger partial charge in [0.25, 0.3) is 0 Å². The summed E-state index contributed by atoms with van der Waals surface area (Å²) in [7, 11) is 0. The van der Waals surface area contributed by atoms with E-state index in [0.29, 0.717) is 6.61 Å². The number of carbonyl (C=O) groups is 1. The van der Waals surface area contributed by atoms with Crippen LogP contribution >= 0.6 is 0 Å². The van der Waals surface area contributed by atoms with Crippen LogP contribution in [0, 0.1) is 0 Å². The first-order valence-electron chi connectivity index (χ1n) is 10.2. The Morgan fingerprint density at radius 3 is 2.12 bits per heavy atom. The van der Waals surface area contributed by atoms with Gasteiger partial charge in [0.1, 0.15) is 6.10 Å². The zero-order valence-electron chi connectivity index (χ0n) is 16.6. The number of nitrogens with zero attached hydrogens (tertiary/aromatic N) is 1. The van der Waals surface area contributed by atoms with Crippen molar-refractivity contribution in [1.29, 1.82) is 0 Å². The smallest absolute Gasteiger partial charge is 0.434 e. The van der Waals surface area contributed by atoms with Gasteiger partial charge in [0, 0.05) is 6.54 Å². The normalized spacial score (nSPS) is 12.4. The summed E-state index contributed by atoms with van der Waals surface area (Å²) in [5.41, 5.74) is 0. The van der Waals surface area contributed by atoms with Crippen molar-refractivity contribution < 1.29 is 14.3 Å². The van der Waals surface area contributed by atoms with Crippen LogP contribution in [0.2, 0.25) is 0 Å². The molecule has 0 aliphatic carbocycles. The Morgan fingerprint density at radius 2 is 1.50 bits per heavy atom. The summed E-state index contributed by atoms with van der Waals surface area (Å²) in [4.78, 5) is 14.2. The Morgan fingerprint density at radius 1 is 0.833 bits per heavy atom. The molecule has 1 atom stereocenters. The maximum absolute atomic E-state index is 11.8. The van der Waals surface area contributed by atoms with E-state index < -0.39 is 6.16 Å². The fraction of sp³-hybridized carbons (Fsp3) is 0.950. The van der Waals surface area contributed by atoms with Gasteiger partial charge < -0.3 is 14.4 Å². The lowest BCUT2D eigenvalue weighted by molar-refractivity contribution is 0.0153. The van der Waals surface area contributed by atoms with Gasteiger partial charge in [-0.1, -0.05) is 66.2 Å². The molecule has 0 bridgehead atoms. The van der Waals surface area contributed by atoms with Gasteiger partial charge in [-0.3, -0.25) is 0 Å². The van der Waals surface area contributed by atoms with E-state index in [2.05, 4.69) is 32.6 Å². The standard InChI is InChI=1S/C20H41NO3/c1-5-9-10-11-12-13-16-19(15-6-2)24-20(22)23-18-14-17-21(7-3)8-4/h19H,5-18H2,1-4H3. The second-order valence-electron chi connectivity index (χ2n) is 6.56.